The van der Waals surface area contributed by atoms with Crippen LogP contribution in [-0.2, 0) is 4.79 Å². The van der Waals surface area contributed by atoms with Gasteiger partial charge in [0.25, 0.3) is 11.6 Å². The van der Waals surface area contributed by atoms with E-state index in [0.717, 1.165) is 0 Å². The number of hydrogen-bond donors (Lipinski definition) is 2. The number of aryl methyl sites for hydroxylation is 1. The Labute approximate surface area is 159 Å². The number of carboxylic acids is 1. The van der Waals surface area contributed by atoms with Crippen molar-refractivity contribution in [3.63, 3.8) is 0 Å². The summed E-state index contributed by atoms with van der Waals surface area (Å²) in [5, 5.41) is 27.0. The van der Waals surface area contributed by atoms with E-state index in [1.54, 1.807) is 13.0 Å². The summed E-state index contributed by atoms with van der Waals surface area (Å²) in [5.41, 5.74) is -0.762. The number of hydrogen-bond acceptors (Lipinski definition) is 6. The molecule has 1 aliphatic carbocycles. The SMILES string of the molecule is Cc1cc(=O)c(C(=O)N[C@@H]2CC[C@H](C(=O)O)C2)nn1-c1ccccc1[N+](=O)[O-]. The first-order valence-electron chi connectivity index (χ1n) is 8.66. The van der Waals surface area contributed by atoms with Crippen molar-refractivity contribution in [2.45, 2.75) is 32.2 Å². The minimum absolute atomic E-state index is 0.130. The molecule has 10 nitrogen and oxygen atoms in total. The molecule has 0 radical (unpaired) electrons. The molecule has 2 N–H and O–H groups in total. The summed E-state index contributed by atoms with van der Waals surface area (Å²) in [4.78, 5) is 46.6. The molecule has 10 heteroatoms. The summed E-state index contributed by atoms with van der Waals surface area (Å²) in [6, 6.07) is 6.69. The van der Waals surface area contributed by atoms with E-state index >= 15 is 0 Å². The van der Waals surface area contributed by atoms with E-state index in [-0.39, 0.29) is 23.8 Å². The first kappa shape index (κ1) is 19.2. The van der Waals surface area contributed by atoms with E-state index in [1.807, 2.05) is 0 Å². The highest BCUT2D eigenvalue weighted by atomic mass is 16.6. The molecular formula is C18H18N4O6. The molecule has 1 aromatic carbocycles. The van der Waals surface area contributed by atoms with Gasteiger partial charge in [-0.25, -0.2) is 4.68 Å². The highest BCUT2D eigenvalue weighted by Crippen LogP contribution is 2.26. The van der Waals surface area contributed by atoms with Crippen LogP contribution in [0.3, 0.4) is 0 Å². The summed E-state index contributed by atoms with van der Waals surface area (Å²) in [6.07, 6.45) is 1.22. The zero-order chi connectivity index (χ0) is 20.4. The van der Waals surface area contributed by atoms with Crippen LogP contribution in [0.2, 0.25) is 0 Å². The zero-order valence-electron chi connectivity index (χ0n) is 15.0. The van der Waals surface area contributed by atoms with Crippen LogP contribution in [-0.4, -0.2) is 37.7 Å². The minimum Gasteiger partial charge on any atom is -0.481 e. The number of nitrogens with zero attached hydrogens (tertiary/aromatic N) is 3. The number of nitro groups is 1. The standard InChI is InChI=1S/C18H18N4O6/c1-10-8-15(23)16(17(24)19-12-7-6-11(9-12)18(25)26)20-21(10)13-4-2-3-5-14(13)22(27)28/h2-5,8,11-12H,6-7,9H2,1H3,(H,19,24)(H,25,26)/t11-,12+/m0/s1. The van der Waals surface area contributed by atoms with Gasteiger partial charge in [-0.3, -0.25) is 24.5 Å². The molecule has 0 bridgehead atoms. The van der Waals surface area contributed by atoms with E-state index in [0.29, 0.717) is 18.5 Å². The molecule has 28 heavy (non-hydrogen) atoms. The minimum atomic E-state index is -0.913. The third-order valence-electron chi connectivity index (χ3n) is 4.75. The average Bonchev–Trinajstić information content (AvgIpc) is 3.10. The van der Waals surface area contributed by atoms with Crippen LogP contribution in [0.15, 0.2) is 35.1 Å². The molecular weight excluding hydrogens is 368 g/mol. The summed E-state index contributed by atoms with van der Waals surface area (Å²) < 4.78 is 1.18. The van der Waals surface area contributed by atoms with Crippen molar-refractivity contribution < 1.29 is 19.6 Å². The Hall–Kier alpha value is -3.56. The van der Waals surface area contributed by atoms with Crippen LogP contribution in [0.4, 0.5) is 5.69 Å². The van der Waals surface area contributed by atoms with Gasteiger partial charge in [-0.15, -0.1) is 0 Å². The molecule has 2 aromatic rings. The Morgan fingerprint density at radius 2 is 2.04 bits per heavy atom. The van der Waals surface area contributed by atoms with Gasteiger partial charge in [0.15, 0.2) is 5.69 Å². The van der Waals surface area contributed by atoms with Crippen LogP contribution in [0.1, 0.15) is 35.4 Å². The van der Waals surface area contributed by atoms with Gasteiger partial charge in [0.2, 0.25) is 5.43 Å². The molecule has 2 atom stereocenters. The second-order valence-electron chi connectivity index (χ2n) is 6.67. The Morgan fingerprint density at radius 1 is 1.32 bits per heavy atom. The number of aromatic nitrogens is 2. The number of aliphatic carboxylic acids is 1. The number of rotatable bonds is 5. The van der Waals surface area contributed by atoms with Gasteiger partial charge in [-0.2, -0.15) is 5.10 Å². The topological polar surface area (TPSA) is 144 Å². The first-order valence-corrected chi connectivity index (χ1v) is 8.66. The molecule has 1 aliphatic rings. The summed E-state index contributed by atoms with van der Waals surface area (Å²) in [5.74, 6) is -2.17. The van der Waals surface area contributed by atoms with Crippen LogP contribution >= 0.6 is 0 Å². The van der Waals surface area contributed by atoms with Crippen LogP contribution in [0.5, 0.6) is 0 Å². The van der Waals surface area contributed by atoms with E-state index in [4.69, 9.17) is 5.11 Å². The molecule has 146 valence electrons. The van der Waals surface area contributed by atoms with Crippen molar-refractivity contribution in [1.29, 1.82) is 0 Å². The van der Waals surface area contributed by atoms with Gasteiger partial charge in [-0.05, 0) is 32.3 Å². The third kappa shape index (κ3) is 3.75. The number of amides is 1. The molecule has 1 saturated carbocycles. The predicted octanol–water partition coefficient (Wildman–Crippen LogP) is 1.43. The van der Waals surface area contributed by atoms with Gasteiger partial charge in [0, 0.05) is 23.9 Å². The third-order valence-corrected chi connectivity index (χ3v) is 4.75. The number of carbonyl (C=O) groups excluding carboxylic acids is 1. The maximum absolute atomic E-state index is 12.5. The Bertz CT molecular complexity index is 1020. The molecule has 1 fully saturated rings. The Morgan fingerprint density at radius 3 is 2.68 bits per heavy atom. The van der Waals surface area contributed by atoms with E-state index in [9.17, 15) is 24.5 Å². The van der Waals surface area contributed by atoms with Gasteiger partial charge >= 0.3 is 5.97 Å². The number of benzene rings is 1. The molecule has 1 amide bonds. The highest BCUT2D eigenvalue weighted by molar-refractivity contribution is 5.92. The predicted molar refractivity (Wildman–Crippen MR) is 97.5 cm³/mol. The number of para-hydroxylation sites is 2. The summed E-state index contributed by atoms with van der Waals surface area (Å²) in [7, 11) is 0. The fourth-order valence-corrected chi connectivity index (χ4v) is 3.34. The van der Waals surface area contributed by atoms with Crippen molar-refractivity contribution in [1.82, 2.24) is 15.1 Å². The zero-order valence-corrected chi connectivity index (χ0v) is 15.0. The van der Waals surface area contributed by atoms with E-state index in [2.05, 4.69) is 10.4 Å². The van der Waals surface area contributed by atoms with Crippen molar-refractivity contribution in [3.05, 3.63) is 62.1 Å². The highest BCUT2D eigenvalue weighted by Gasteiger charge is 2.31. The maximum Gasteiger partial charge on any atom is 0.306 e. The number of nitrogens with one attached hydrogen (secondary N) is 1. The molecule has 1 aromatic heterocycles. The lowest BCUT2D eigenvalue weighted by Crippen LogP contribution is -2.37. The monoisotopic (exact) mass is 386 g/mol. The molecule has 0 saturated heterocycles. The van der Waals surface area contributed by atoms with Crippen molar-refractivity contribution in [2.24, 2.45) is 5.92 Å². The average molecular weight is 386 g/mol. The van der Waals surface area contributed by atoms with Crippen molar-refractivity contribution in [2.75, 3.05) is 0 Å². The van der Waals surface area contributed by atoms with Crippen LogP contribution < -0.4 is 10.7 Å². The second kappa shape index (κ2) is 7.59. The Kier molecular flexibility index (Phi) is 5.21. The lowest BCUT2D eigenvalue weighted by molar-refractivity contribution is -0.384. The quantitative estimate of drug-likeness (QED) is 0.584. The first-order chi connectivity index (χ1) is 13.3. The van der Waals surface area contributed by atoms with E-state index in [1.165, 1.54) is 28.9 Å². The Balaban J connectivity index is 1.93. The van der Waals surface area contributed by atoms with Crippen LogP contribution in [0.25, 0.3) is 5.69 Å². The number of nitro benzene ring substituents is 1. The maximum atomic E-state index is 12.5. The van der Waals surface area contributed by atoms with Gasteiger partial charge in [0.1, 0.15) is 5.69 Å². The van der Waals surface area contributed by atoms with Crippen molar-refractivity contribution >= 4 is 17.6 Å². The van der Waals surface area contributed by atoms with Gasteiger partial charge in [-0.1, -0.05) is 12.1 Å². The second-order valence-corrected chi connectivity index (χ2v) is 6.67. The number of carboxylic acid groups (broad SMARTS) is 1. The molecule has 0 unspecified atom stereocenters. The summed E-state index contributed by atoms with van der Waals surface area (Å²) in [6.45, 7) is 1.56. The lowest BCUT2D eigenvalue weighted by Gasteiger charge is -2.14. The number of carbonyl (C=O) groups is 2. The molecule has 3 rings (SSSR count). The fraction of sp³-hybridized carbons (Fsp3) is 0.333. The van der Waals surface area contributed by atoms with Crippen molar-refractivity contribution in [3.8, 4) is 5.69 Å². The van der Waals surface area contributed by atoms with Gasteiger partial charge in [0.05, 0.1) is 10.8 Å². The van der Waals surface area contributed by atoms with Gasteiger partial charge < -0.3 is 10.4 Å². The van der Waals surface area contributed by atoms with E-state index < -0.39 is 33.8 Å². The largest absolute Gasteiger partial charge is 0.481 e. The lowest BCUT2D eigenvalue weighted by atomic mass is 10.1. The smallest absolute Gasteiger partial charge is 0.306 e. The molecule has 0 spiro atoms. The fourth-order valence-electron chi connectivity index (χ4n) is 3.34. The molecule has 1 heterocycles. The summed E-state index contributed by atoms with van der Waals surface area (Å²) >= 11 is 0. The normalized spacial score (nSPS) is 18.6. The van der Waals surface area contributed by atoms with Crippen LogP contribution in [0, 0.1) is 23.0 Å². The molecule has 0 aliphatic heterocycles.